The van der Waals surface area contributed by atoms with Gasteiger partial charge in [-0.25, -0.2) is 8.42 Å². The molecule has 0 bridgehead atoms. The molecular formula is C20H27N3O2S. The number of sulfone groups is 1. The molecule has 0 atom stereocenters. The van der Waals surface area contributed by atoms with Gasteiger partial charge in [0.05, 0.1) is 10.6 Å². The molecule has 0 unspecified atom stereocenters. The fraction of sp³-hybridized carbons (Fsp3) is 0.350. The topological polar surface area (TPSA) is 70.6 Å². The van der Waals surface area contributed by atoms with Crippen molar-refractivity contribution in [2.45, 2.75) is 24.2 Å². The molecule has 2 rings (SSSR count). The summed E-state index contributed by atoms with van der Waals surface area (Å²) in [4.78, 5) is 4.55. The van der Waals surface area contributed by atoms with Crippen LogP contribution in [0, 0.1) is 0 Å². The lowest BCUT2D eigenvalue weighted by atomic mass is 10.1. The van der Waals surface area contributed by atoms with E-state index in [1.807, 2.05) is 24.3 Å². The van der Waals surface area contributed by atoms with Crippen LogP contribution in [-0.4, -0.2) is 40.3 Å². The SMILES string of the molecule is CN=C(NCCCc1ccccc1)NCCCS(=O)(=O)c1ccccc1. The summed E-state index contributed by atoms with van der Waals surface area (Å²) < 4.78 is 24.4. The highest BCUT2D eigenvalue weighted by Crippen LogP contribution is 2.10. The van der Waals surface area contributed by atoms with Gasteiger partial charge in [-0.05, 0) is 37.0 Å². The first kappa shape index (κ1) is 20.0. The molecule has 0 aliphatic carbocycles. The maximum atomic E-state index is 12.2. The van der Waals surface area contributed by atoms with Crippen molar-refractivity contribution in [3.8, 4) is 0 Å². The molecular weight excluding hydrogens is 346 g/mol. The van der Waals surface area contributed by atoms with Crippen LogP contribution in [0.5, 0.6) is 0 Å². The molecule has 140 valence electrons. The first-order valence-electron chi connectivity index (χ1n) is 8.88. The average molecular weight is 374 g/mol. The molecule has 6 heteroatoms. The number of hydrogen-bond acceptors (Lipinski definition) is 3. The molecule has 0 fully saturated rings. The second kappa shape index (κ2) is 10.6. The van der Waals surface area contributed by atoms with Crippen molar-refractivity contribution in [1.82, 2.24) is 10.6 Å². The van der Waals surface area contributed by atoms with Crippen molar-refractivity contribution in [3.63, 3.8) is 0 Å². The predicted octanol–water partition coefficient (Wildman–Crippen LogP) is 2.65. The van der Waals surface area contributed by atoms with E-state index in [0.717, 1.165) is 19.4 Å². The Kier molecular flexibility index (Phi) is 8.15. The molecule has 0 radical (unpaired) electrons. The Hall–Kier alpha value is -2.34. The van der Waals surface area contributed by atoms with E-state index >= 15 is 0 Å². The van der Waals surface area contributed by atoms with Gasteiger partial charge in [0, 0.05) is 20.1 Å². The molecule has 0 aromatic heterocycles. The van der Waals surface area contributed by atoms with Crippen LogP contribution in [0.25, 0.3) is 0 Å². The number of hydrogen-bond donors (Lipinski definition) is 2. The van der Waals surface area contributed by atoms with Gasteiger partial charge in [-0.15, -0.1) is 0 Å². The van der Waals surface area contributed by atoms with E-state index in [-0.39, 0.29) is 5.75 Å². The largest absolute Gasteiger partial charge is 0.356 e. The summed E-state index contributed by atoms with van der Waals surface area (Å²) in [6.45, 7) is 1.38. The van der Waals surface area contributed by atoms with Gasteiger partial charge in [0.15, 0.2) is 15.8 Å². The number of nitrogens with zero attached hydrogens (tertiary/aromatic N) is 1. The van der Waals surface area contributed by atoms with Gasteiger partial charge in [0.2, 0.25) is 0 Å². The van der Waals surface area contributed by atoms with E-state index in [1.54, 1.807) is 31.3 Å². The maximum Gasteiger partial charge on any atom is 0.190 e. The van der Waals surface area contributed by atoms with E-state index in [1.165, 1.54) is 5.56 Å². The molecule has 0 amide bonds. The molecule has 26 heavy (non-hydrogen) atoms. The third-order valence-corrected chi connectivity index (χ3v) is 5.80. The lowest BCUT2D eigenvalue weighted by molar-refractivity contribution is 0.592. The van der Waals surface area contributed by atoms with Crippen molar-refractivity contribution >= 4 is 15.8 Å². The van der Waals surface area contributed by atoms with Gasteiger partial charge in [0.1, 0.15) is 0 Å². The van der Waals surface area contributed by atoms with Crippen LogP contribution >= 0.6 is 0 Å². The highest BCUT2D eigenvalue weighted by atomic mass is 32.2. The van der Waals surface area contributed by atoms with Crippen molar-refractivity contribution in [3.05, 3.63) is 66.2 Å². The normalized spacial score (nSPS) is 12.0. The molecule has 2 aromatic carbocycles. The van der Waals surface area contributed by atoms with Crippen molar-refractivity contribution < 1.29 is 8.42 Å². The fourth-order valence-electron chi connectivity index (χ4n) is 2.58. The predicted molar refractivity (Wildman–Crippen MR) is 107 cm³/mol. The number of aryl methyl sites for hydroxylation is 1. The lowest BCUT2D eigenvalue weighted by Crippen LogP contribution is -2.38. The van der Waals surface area contributed by atoms with Crippen LogP contribution in [0.2, 0.25) is 0 Å². The Morgan fingerprint density at radius 3 is 2.08 bits per heavy atom. The quantitative estimate of drug-likeness (QED) is 0.403. The number of rotatable bonds is 9. The van der Waals surface area contributed by atoms with Crippen molar-refractivity contribution in [2.24, 2.45) is 4.99 Å². The Balaban J connectivity index is 1.64. The lowest BCUT2D eigenvalue weighted by Gasteiger charge is -2.12. The van der Waals surface area contributed by atoms with E-state index in [2.05, 4.69) is 27.8 Å². The summed E-state index contributed by atoms with van der Waals surface area (Å²) in [5.41, 5.74) is 1.32. The summed E-state index contributed by atoms with van der Waals surface area (Å²) in [5.74, 6) is 0.824. The maximum absolute atomic E-state index is 12.2. The Bertz CT molecular complexity index is 775. The Morgan fingerprint density at radius 2 is 1.46 bits per heavy atom. The zero-order valence-electron chi connectivity index (χ0n) is 15.2. The molecule has 0 spiro atoms. The minimum atomic E-state index is -3.22. The molecule has 0 aliphatic rings. The zero-order valence-corrected chi connectivity index (χ0v) is 16.0. The molecule has 5 nitrogen and oxygen atoms in total. The van der Waals surface area contributed by atoms with Crippen LogP contribution in [0.15, 0.2) is 70.6 Å². The number of nitrogens with one attached hydrogen (secondary N) is 2. The van der Waals surface area contributed by atoms with E-state index in [4.69, 9.17) is 0 Å². The third kappa shape index (κ3) is 6.88. The van der Waals surface area contributed by atoms with Crippen molar-refractivity contribution in [2.75, 3.05) is 25.9 Å². The smallest absolute Gasteiger partial charge is 0.190 e. The summed E-state index contributed by atoms with van der Waals surface area (Å²) in [6, 6.07) is 18.9. The Morgan fingerprint density at radius 1 is 0.885 bits per heavy atom. The standard InChI is InChI=1S/C20H27N3O2S/c1-21-20(22-15-8-12-18-10-4-2-5-11-18)23-16-9-17-26(24,25)19-13-6-3-7-14-19/h2-7,10-11,13-14H,8-9,12,15-17H2,1H3,(H2,21,22,23). The molecule has 0 aliphatic heterocycles. The Labute approximate surface area is 156 Å². The summed E-state index contributed by atoms with van der Waals surface area (Å²) >= 11 is 0. The highest BCUT2D eigenvalue weighted by molar-refractivity contribution is 7.91. The van der Waals surface area contributed by atoms with E-state index in [9.17, 15) is 8.42 Å². The van der Waals surface area contributed by atoms with Crippen LogP contribution in [-0.2, 0) is 16.3 Å². The van der Waals surface area contributed by atoms with Crippen LogP contribution in [0.4, 0.5) is 0 Å². The first-order valence-corrected chi connectivity index (χ1v) is 10.5. The van der Waals surface area contributed by atoms with Crippen LogP contribution < -0.4 is 10.6 Å². The fourth-order valence-corrected chi connectivity index (χ4v) is 3.91. The van der Waals surface area contributed by atoms with Crippen molar-refractivity contribution in [1.29, 1.82) is 0 Å². The summed E-state index contributed by atoms with van der Waals surface area (Å²) in [6.07, 6.45) is 2.55. The van der Waals surface area contributed by atoms with Crippen LogP contribution in [0.3, 0.4) is 0 Å². The highest BCUT2D eigenvalue weighted by Gasteiger charge is 2.13. The summed E-state index contributed by atoms with van der Waals surface area (Å²) in [5, 5.41) is 6.43. The average Bonchev–Trinajstić information content (AvgIpc) is 2.68. The van der Waals surface area contributed by atoms with Gasteiger partial charge < -0.3 is 10.6 Å². The van der Waals surface area contributed by atoms with Gasteiger partial charge in [-0.2, -0.15) is 0 Å². The molecule has 0 heterocycles. The second-order valence-electron chi connectivity index (χ2n) is 6.00. The third-order valence-electron chi connectivity index (χ3n) is 3.99. The van der Waals surface area contributed by atoms with Crippen LogP contribution in [0.1, 0.15) is 18.4 Å². The second-order valence-corrected chi connectivity index (χ2v) is 8.11. The first-order chi connectivity index (χ1) is 12.6. The summed E-state index contributed by atoms with van der Waals surface area (Å²) in [7, 11) is -1.50. The van der Waals surface area contributed by atoms with Gasteiger partial charge in [-0.3, -0.25) is 4.99 Å². The van der Waals surface area contributed by atoms with Gasteiger partial charge in [0.25, 0.3) is 0 Å². The zero-order chi connectivity index (χ0) is 18.7. The molecule has 0 saturated heterocycles. The monoisotopic (exact) mass is 373 g/mol. The molecule has 2 aromatic rings. The number of benzene rings is 2. The van der Waals surface area contributed by atoms with Gasteiger partial charge in [-0.1, -0.05) is 48.5 Å². The number of guanidine groups is 1. The molecule has 0 saturated carbocycles. The minimum Gasteiger partial charge on any atom is -0.356 e. The minimum absolute atomic E-state index is 0.120. The van der Waals surface area contributed by atoms with E-state index < -0.39 is 9.84 Å². The number of aliphatic imine (C=N–C) groups is 1. The van der Waals surface area contributed by atoms with Gasteiger partial charge >= 0.3 is 0 Å². The molecule has 2 N–H and O–H groups in total. The van der Waals surface area contributed by atoms with E-state index in [0.29, 0.717) is 23.8 Å².